The summed E-state index contributed by atoms with van der Waals surface area (Å²) < 4.78 is 51.8. The summed E-state index contributed by atoms with van der Waals surface area (Å²) in [6.07, 6.45) is -2.16. The van der Waals surface area contributed by atoms with E-state index in [4.69, 9.17) is 0 Å². The highest BCUT2D eigenvalue weighted by Gasteiger charge is 2.45. The third-order valence-electron chi connectivity index (χ3n) is 4.72. The summed E-state index contributed by atoms with van der Waals surface area (Å²) in [6, 6.07) is 2.61. The van der Waals surface area contributed by atoms with Gasteiger partial charge in [-0.25, -0.2) is 4.39 Å². The molecule has 0 saturated carbocycles. The molecule has 2 aliphatic heterocycles. The van der Waals surface area contributed by atoms with Crippen molar-refractivity contribution in [2.45, 2.75) is 32.0 Å². The lowest BCUT2D eigenvalue weighted by molar-refractivity contribution is -0.137. The van der Waals surface area contributed by atoms with Crippen LogP contribution in [0.1, 0.15) is 30.4 Å². The van der Waals surface area contributed by atoms with Crippen molar-refractivity contribution >= 4 is 5.91 Å². The van der Waals surface area contributed by atoms with Crippen LogP contribution in [-0.4, -0.2) is 30.4 Å². The van der Waals surface area contributed by atoms with Gasteiger partial charge < -0.3 is 5.32 Å². The second-order valence-electron chi connectivity index (χ2n) is 6.45. The fourth-order valence-corrected chi connectivity index (χ4v) is 3.58. The number of halogens is 4. The van der Waals surface area contributed by atoms with Gasteiger partial charge >= 0.3 is 6.18 Å². The molecular weight excluding hydrogens is 312 g/mol. The molecule has 1 atom stereocenters. The highest BCUT2D eigenvalue weighted by molar-refractivity contribution is 5.83. The molecule has 2 heterocycles. The number of nitrogens with zero attached hydrogens (tertiary/aromatic N) is 1. The Morgan fingerprint density at radius 2 is 2.00 bits per heavy atom. The van der Waals surface area contributed by atoms with E-state index >= 15 is 0 Å². The molecule has 0 bridgehead atoms. The first-order valence-electron chi connectivity index (χ1n) is 7.66. The van der Waals surface area contributed by atoms with Gasteiger partial charge in [0.15, 0.2) is 0 Å². The third kappa shape index (κ3) is 3.34. The Bertz CT molecular complexity index is 617. The molecule has 2 aliphatic rings. The molecule has 126 valence electrons. The summed E-state index contributed by atoms with van der Waals surface area (Å²) in [5, 5.41) is 2.86. The largest absolute Gasteiger partial charge is 0.416 e. The quantitative estimate of drug-likeness (QED) is 0.846. The normalized spacial score (nSPS) is 25.8. The molecule has 0 aliphatic carbocycles. The zero-order valence-corrected chi connectivity index (χ0v) is 12.5. The minimum absolute atomic E-state index is 0.0291. The molecule has 1 aromatic carbocycles. The highest BCUT2D eigenvalue weighted by atomic mass is 19.4. The topological polar surface area (TPSA) is 32.3 Å². The number of carbonyl (C=O) groups is 1. The number of alkyl halides is 3. The van der Waals surface area contributed by atoms with Crippen molar-refractivity contribution in [3.05, 3.63) is 35.1 Å². The molecule has 2 fully saturated rings. The van der Waals surface area contributed by atoms with E-state index in [1.165, 1.54) is 0 Å². The lowest BCUT2D eigenvalue weighted by Crippen LogP contribution is -2.47. The number of carbonyl (C=O) groups excluding carboxylic acids is 1. The molecule has 1 amide bonds. The highest BCUT2D eigenvalue weighted by Crippen LogP contribution is 2.38. The fourth-order valence-electron chi connectivity index (χ4n) is 3.58. The van der Waals surface area contributed by atoms with Crippen molar-refractivity contribution in [2.24, 2.45) is 5.41 Å². The number of hydrogen-bond acceptors (Lipinski definition) is 2. The second-order valence-corrected chi connectivity index (χ2v) is 6.45. The minimum atomic E-state index is -4.56. The standard InChI is InChI=1S/C16H18F4N2O/c17-13-7-11(6-12(8-13)16(18,19)20)9-22-5-3-15(10-22)2-1-4-21-14(15)23/h6-8H,1-5,9-10H2,(H,21,23). The maximum Gasteiger partial charge on any atom is 0.416 e. The van der Waals surface area contributed by atoms with E-state index in [0.29, 0.717) is 32.1 Å². The van der Waals surface area contributed by atoms with Crippen LogP contribution in [0.2, 0.25) is 0 Å². The van der Waals surface area contributed by atoms with E-state index in [2.05, 4.69) is 5.32 Å². The summed E-state index contributed by atoms with van der Waals surface area (Å²) in [7, 11) is 0. The Kier molecular flexibility index (Phi) is 4.08. The van der Waals surface area contributed by atoms with Crippen LogP contribution < -0.4 is 5.32 Å². The first-order valence-corrected chi connectivity index (χ1v) is 7.66. The summed E-state index contributed by atoms with van der Waals surface area (Å²) in [6.45, 7) is 2.04. The molecule has 1 aromatic rings. The van der Waals surface area contributed by atoms with Gasteiger partial charge in [0.2, 0.25) is 5.91 Å². The first-order chi connectivity index (χ1) is 10.8. The van der Waals surface area contributed by atoms with E-state index in [1.807, 2.05) is 4.90 Å². The monoisotopic (exact) mass is 330 g/mol. The van der Waals surface area contributed by atoms with Gasteiger partial charge in [-0.1, -0.05) is 0 Å². The van der Waals surface area contributed by atoms with Crippen LogP contribution >= 0.6 is 0 Å². The Balaban J connectivity index is 1.73. The van der Waals surface area contributed by atoms with Gasteiger partial charge in [0.05, 0.1) is 11.0 Å². The number of hydrogen-bond donors (Lipinski definition) is 1. The average Bonchev–Trinajstić information content (AvgIpc) is 2.85. The van der Waals surface area contributed by atoms with Crippen LogP contribution in [0.25, 0.3) is 0 Å². The van der Waals surface area contributed by atoms with Crippen LogP contribution in [0.4, 0.5) is 17.6 Å². The number of benzene rings is 1. The molecule has 1 N–H and O–H groups in total. The second kappa shape index (κ2) is 5.78. The van der Waals surface area contributed by atoms with Gasteiger partial charge in [-0.05, 0) is 49.6 Å². The van der Waals surface area contributed by atoms with Crippen molar-refractivity contribution in [3.8, 4) is 0 Å². The maximum absolute atomic E-state index is 13.5. The predicted octanol–water partition coefficient (Wildman–Crippen LogP) is 2.95. The smallest absolute Gasteiger partial charge is 0.356 e. The van der Waals surface area contributed by atoms with Crippen molar-refractivity contribution in [3.63, 3.8) is 0 Å². The summed E-state index contributed by atoms with van der Waals surface area (Å²) in [5.41, 5.74) is -1.12. The van der Waals surface area contributed by atoms with Crippen LogP contribution in [0.15, 0.2) is 18.2 Å². The molecule has 1 unspecified atom stereocenters. The summed E-state index contributed by atoms with van der Waals surface area (Å²) in [4.78, 5) is 14.0. The maximum atomic E-state index is 13.5. The number of likely N-dealkylation sites (tertiary alicyclic amines) is 1. The number of nitrogens with one attached hydrogen (secondary N) is 1. The molecule has 23 heavy (non-hydrogen) atoms. The predicted molar refractivity (Wildman–Crippen MR) is 76.0 cm³/mol. The van der Waals surface area contributed by atoms with Crippen LogP contribution in [0.5, 0.6) is 0 Å². The lowest BCUT2D eigenvalue weighted by atomic mass is 9.79. The van der Waals surface area contributed by atoms with Crippen molar-refractivity contribution in [1.29, 1.82) is 0 Å². The number of rotatable bonds is 2. The molecule has 7 heteroatoms. The van der Waals surface area contributed by atoms with Crippen molar-refractivity contribution in [2.75, 3.05) is 19.6 Å². The Labute approximate surface area is 131 Å². The lowest BCUT2D eigenvalue weighted by Gasteiger charge is -2.32. The number of piperidine rings is 1. The number of amides is 1. The van der Waals surface area contributed by atoms with Gasteiger partial charge in [-0.2, -0.15) is 13.2 Å². The molecule has 3 nitrogen and oxygen atoms in total. The minimum Gasteiger partial charge on any atom is -0.356 e. The van der Waals surface area contributed by atoms with E-state index in [-0.39, 0.29) is 18.0 Å². The van der Waals surface area contributed by atoms with Crippen molar-refractivity contribution in [1.82, 2.24) is 10.2 Å². The van der Waals surface area contributed by atoms with E-state index in [1.54, 1.807) is 0 Å². The Morgan fingerprint density at radius 1 is 1.22 bits per heavy atom. The van der Waals surface area contributed by atoms with Crippen LogP contribution in [-0.2, 0) is 17.5 Å². The molecule has 1 spiro atoms. The SMILES string of the molecule is O=C1NCCCC12CCN(Cc1cc(F)cc(C(F)(F)F)c1)C2. The molecule has 3 rings (SSSR count). The van der Waals surface area contributed by atoms with Crippen LogP contribution in [0.3, 0.4) is 0 Å². The van der Waals surface area contributed by atoms with Crippen LogP contribution in [0, 0.1) is 11.2 Å². The summed E-state index contributed by atoms with van der Waals surface area (Å²) in [5.74, 6) is -0.861. The molecular formula is C16H18F4N2O. The van der Waals surface area contributed by atoms with Gasteiger partial charge in [-0.3, -0.25) is 9.69 Å². The Hall–Kier alpha value is -1.63. The van der Waals surface area contributed by atoms with E-state index in [0.717, 1.165) is 25.0 Å². The summed E-state index contributed by atoms with van der Waals surface area (Å²) >= 11 is 0. The average molecular weight is 330 g/mol. The van der Waals surface area contributed by atoms with Crippen molar-refractivity contribution < 1.29 is 22.4 Å². The van der Waals surface area contributed by atoms with E-state index in [9.17, 15) is 22.4 Å². The van der Waals surface area contributed by atoms with Gasteiger partial charge in [0, 0.05) is 19.6 Å². The molecule has 0 aromatic heterocycles. The fraction of sp³-hybridized carbons (Fsp3) is 0.562. The molecule has 0 radical (unpaired) electrons. The van der Waals surface area contributed by atoms with Gasteiger partial charge in [-0.15, -0.1) is 0 Å². The van der Waals surface area contributed by atoms with Gasteiger partial charge in [0.25, 0.3) is 0 Å². The zero-order valence-electron chi connectivity index (χ0n) is 12.5. The van der Waals surface area contributed by atoms with Gasteiger partial charge in [0.1, 0.15) is 5.82 Å². The molecule has 2 saturated heterocycles. The first kappa shape index (κ1) is 16.2. The zero-order chi connectivity index (χ0) is 16.7. The Morgan fingerprint density at radius 3 is 2.70 bits per heavy atom. The third-order valence-corrected chi connectivity index (χ3v) is 4.72. The van der Waals surface area contributed by atoms with E-state index < -0.39 is 23.0 Å².